The van der Waals surface area contributed by atoms with Crippen LogP contribution >= 0.6 is 0 Å². The molecule has 1 unspecified atom stereocenters. The lowest BCUT2D eigenvalue weighted by atomic mass is 9.80. The second kappa shape index (κ2) is 9.61. The largest absolute Gasteiger partial charge is 0.438 e. The quantitative estimate of drug-likeness (QED) is 0.626. The van der Waals surface area contributed by atoms with E-state index in [2.05, 4.69) is 11.8 Å². The van der Waals surface area contributed by atoms with Gasteiger partial charge in [-0.25, -0.2) is 4.79 Å². The number of carbonyl (C=O) groups excluding carboxylic acids is 2. The molecule has 2 aliphatic rings. The van der Waals surface area contributed by atoms with E-state index in [1.807, 2.05) is 61.5 Å². The van der Waals surface area contributed by atoms with Crippen molar-refractivity contribution in [1.29, 1.82) is 0 Å². The van der Waals surface area contributed by atoms with Crippen LogP contribution in [0, 0.1) is 11.8 Å². The summed E-state index contributed by atoms with van der Waals surface area (Å²) in [7, 11) is 0. The third kappa shape index (κ3) is 5.56. The Balaban J connectivity index is 1.45. The third-order valence-electron chi connectivity index (χ3n) is 6.94. The number of rotatable bonds is 5. The van der Waals surface area contributed by atoms with E-state index in [1.165, 1.54) is 6.92 Å². The number of benzene rings is 2. The summed E-state index contributed by atoms with van der Waals surface area (Å²) in [4.78, 5) is 27.8. The Kier molecular flexibility index (Phi) is 6.87. The van der Waals surface area contributed by atoms with Crippen LogP contribution < -0.4 is 0 Å². The molecule has 2 atom stereocenters. The van der Waals surface area contributed by atoms with Gasteiger partial charge in [0, 0.05) is 31.9 Å². The molecule has 2 aromatic rings. The van der Waals surface area contributed by atoms with E-state index >= 15 is 0 Å². The molecule has 0 bridgehead atoms. The van der Waals surface area contributed by atoms with Crippen LogP contribution in [0.15, 0.2) is 54.6 Å². The number of carbonyl (C=O) groups is 2. The average Bonchev–Trinajstić information content (AvgIpc) is 2.80. The second-order valence-corrected chi connectivity index (χ2v) is 10.6. The van der Waals surface area contributed by atoms with Gasteiger partial charge in [-0.05, 0) is 44.0 Å². The summed E-state index contributed by atoms with van der Waals surface area (Å²) in [5.74, 6) is 5.78. The minimum absolute atomic E-state index is 0.0721. The van der Waals surface area contributed by atoms with Gasteiger partial charge in [0.1, 0.15) is 5.60 Å². The maximum absolute atomic E-state index is 13.2. The third-order valence-corrected chi connectivity index (χ3v) is 6.94. The number of likely N-dealkylation sites (tertiary alicyclic amines) is 1. The fourth-order valence-electron chi connectivity index (χ4n) is 4.99. The van der Waals surface area contributed by atoms with Crippen LogP contribution in [-0.2, 0) is 15.1 Å². The van der Waals surface area contributed by atoms with Gasteiger partial charge in [0.05, 0.1) is 24.7 Å². The minimum atomic E-state index is -1.16. The first-order valence-electron chi connectivity index (χ1n) is 12.3. The molecule has 2 N–H and O–H groups in total. The summed E-state index contributed by atoms with van der Waals surface area (Å²) in [6.45, 7) is 7.83. The van der Waals surface area contributed by atoms with Gasteiger partial charge in [0.15, 0.2) is 5.60 Å². The Labute approximate surface area is 212 Å². The van der Waals surface area contributed by atoms with Crippen LogP contribution in [0.2, 0.25) is 0 Å². The van der Waals surface area contributed by atoms with Crippen LogP contribution in [0.25, 0.3) is 0 Å². The van der Waals surface area contributed by atoms with E-state index in [9.17, 15) is 19.8 Å². The minimum Gasteiger partial charge on any atom is -0.438 e. The number of cyclic esters (lactones) is 1. The first-order valence-corrected chi connectivity index (χ1v) is 12.3. The highest BCUT2D eigenvalue weighted by Crippen LogP contribution is 2.42. The molecule has 36 heavy (non-hydrogen) atoms. The highest BCUT2D eigenvalue weighted by Gasteiger charge is 2.46. The van der Waals surface area contributed by atoms with Crippen molar-refractivity contribution in [2.24, 2.45) is 0 Å². The molecule has 0 aromatic heterocycles. The van der Waals surface area contributed by atoms with E-state index in [1.54, 1.807) is 23.6 Å². The molecule has 2 aromatic carbocycles. The van der Waals surface area contributed by atoms with E-state index in [-0.39, 0.29) is 25.0 Å². The number of hydrogen-bond donors (Lipinski definition) is 2. The predicted molar refractivity (Wildman–Crippen MR) is 136 cm³/mol. The molecule has 2 fully saturated rings. The van der Waals surface area contributed by atoms with E-state index < -0.39 is 22.9 Å². The van der Waals surface area contributed by atoms with Gasteiger partial charge in [-0.1, -0.05) is 54.3 Å². The number of nitrogens with zero attached hydrogens (tertiary/aromatic N) is 2. The Morgan fingerprint density at radius 3 is 2.33 bits per heavy atom. The SMILES string of the molecule is CC(=O)N1CC(O)(C#Cc2ccc([C@H](C)N3CCC(CC(C)(C)O)(c4ccccc4)OC3=O)cc2)C1. The number of aliphatic hydroxyl groups is 2. The highest BCUT2D eigenvalue weighted by atomic mass is 16.6. The zero-order valence-electron chi connectivity index (χ0n) is 21.3. The number of ether oxygens (including phenoxy) is 1. The van der Waals surface area contributed by atoms with Crippen LogP contribution in [0.1, 0.15) is 63.3 Å². The Morgan fingerprint density at radius 2 is 1.78 bits per heavy atom. The fourth-order valence-corrected chi connectivity index (χ4v) is 4.99. The van der Waals surface area contributed by atoms with Crippen molar-refractivity contribution in [2.45, 2.75) is 63.4 Å². The summed E-state index contributed by atoms with van der Waals surface area (Å²) in [5.41, 5.74) is -0.476. The molecule has 0 radical (unpaired) electrons. The van der Waals surface area contributed by atoms with Crippen LogP contribution in [0.3, 0.4) is 0 Å². The van der Waals surface area contributed by atoms with Gasteiger partial charge in [-0.3, -0.25) is 4.79 Å². The molecule has 2 heterocycles. The van der Waals surface area contributed by atoms with Crippen LogP contribution in [-0.4, -0.2) is 62.8 Å². The molecule has 4 rings (SSSR count). The smallest absolute Gasteiger partial charge is 0.411 e. The molecule has 2 amide bonds. The lowest BCUT2D eigenvalue weighted by Crippen LogP contribution is -2.62. The molecule has 2 saturated heterocycles. The van der Waals surface area contributed by atoms with Crippen LogP contribution in [0.5, 0.6) is 0 Å². The Hall–Kier alpha value is -3.34. The van der Waals surface area contributed by atoms with Crippen molar-refractivity contribution in [3.05, 3.63) is 71.3 Å². The molecule has 7 heteroatoms. The van der Waals surface area contributed by atoms with Gasteiger partial charge < -0.3 is 24.7 Å². The maximum atomic E-state index is 13.2. The maximum Gasteiger partial charge on any atom is 0.411 e. The van der Waals surface area contributed by atoms with Crippen molar-refractivity contribution in [3.63, 3.8) is 0 Å². The number of hydrogen-bond acceptors (Lipinski definition) is 5. The standard InChI is InChI=1S/C29H34N2O5/c1-21(24-12-10-23(11-13-24)14-15-28(35)19-30(20-28)22(2)32)31-17-16-29(36-26(31)33,18-27(3,4)34)25-8-6-5-7-9-25/h5-13,21,34-35H,16-20H2,1-4H3/t21-,29?/m0/s1. The first kappa shape index (κ1) is 25.7. The molecule has 2 aliphatic heterocycles. The van der Waals surface area contributed by atoms with E-state index in [0.29, 0.717) is 19.4 Å². The van der Waals surface area contributed by atoms with Crippen molar-refractivity contribution in [3.8, 4) is 11.8 Å². The molecule has 0 aliphatic carbocycles. The molecule has 7 nitrogen and oxygen atoms in total. The van der Waals surface area contributed by atoms with Gasteiger partial charge in [-0.2, -0.15) is 0 Å². The molecule has 0 saturated carbocycles. The van der Waals surface area contributed by atoms with Gasteiger partial charge in [0.2, 0.25) is 5.91 Å². The van der Waals surface area contributed by atoms with Gasteiger partial charge in [0.25, 0.3) is 0 Å². The predicted octanol–water partition coefficient (Wildman–Crippen LogP) is 3.59. The van der Waals surface area contributed by atoms with Crippen molar-refractivity contribution in [2.75, 3.05) is 19.6 Å². The first-order chi connectivity index (χ1) is 16.9. The number of amides is 2. The monoisotopic (exact) mass is 490 g/mol. The summed E-state index contributed by atoms with van der Waals surface area (Å²) in [6.07, 6.45) is 0.464. The normalized spacial score (nSPS) is 22.1. The fraction of sp³-hybridized carbons (Fsp3) is 0.448. The summed E-state index contributed by atoms with van der Waals surface area (Å²) in [6, 6.07) is 17.0. The van der Waals surface area contributed by atoms with Crippen molar-refractivity contribution < 1.29 is 24.5 Å². The van der Waals surface area contributed by atoms with Gasteiger partial charge in [-0.15, -0.1) is 0 Å². The Morgan fingerprint density at radius 1 is 1.14 bits per heavy atom. The van der Waals surface area contributed by atoms with Crippen molar-refractivity contribution >= 4 is 12.0 Å². The second-order valence-electron chi connectivity index (χ2n) is 10.6. The lowest BCUT2D eigenvalue weighted by molar-refractivity contribution is -0.144. The van der Waals surface area contributed by atoms with E-state index in [0.717, 1.165) is 16.7 Å². The summed E-state index contributed by atoms with van der Waals surface area (Å²) in [5, 5.41) is 21.0. The zero-order chi connectivity index (χ0) is 26.1. The summed E-state index contributed by atoms with van der Waals surface area (Å²) >= 11 is 0. The lowest BCUT2D eigenvalue weighted by Gasteiger charge is -2.45. The Bertz CT molecular complexity index is 1170. The molecule has 0 spiro atoms. The number of β-amino-alcohol motifs (C(OH)–C–C–N with tert-alkyl or cyclic N) is 1. The summed E-state index contributed by atoms with van der Waals surface area (Å²) < 4.78 is 6.08. The topological polar surface area (TPSA) is 90.3 Å². The van der Waals surface area contributed by atoms with Crippen LogP contribution in [0.4, 0.5) is 4.79 Å². The average molecular weight is 491 g/mol. The molecule has 190 valence electrons. The zero-order valence-corrected chi connectivity index (χ0v) is 21.3. The molecular weight excluding hydrogens is 456 g/mol. The highest BCUT2D eigenvalue weighted by molar-refractivity contribution is 5.75. The van der Waals surface area contributed by atoms with Crippen molar-refractivity contribution in [1.82, 2.24) is 9.80 Å². The molecular formula is C29H34N2O5. The van der Waals surface area contributed by atoms with Gasteiger partial charge >= 0.3 is 6.09 Å². The van der Waals surface area contributed by atoms with E-state index in [4.69, 9.17) is 4.74 Å².